The minimum atomic E-state index is -0.198. The van der Waals surface area contributed by atoms with Crippen molar-refractivity contribution in [3.05, 3.63) is 64.1 Å². The fraction of sp³-hybridized carbons (Fsp3) is 0.409. The highest BCUT2D eigenvalue weighted by Gasteiger charge is 2.38. The Bertz CT molecular complexity index is 774. The van der Waals surface area contributed by atoms with Crippen LogP contribution in [0.15, 0.2) is 53.0 Å². The number of carbonyl (C=O) groups excluding carboxylic acids is 1. The van der Waals surface area contributed by atoms with Gasteiger partial charge in [0.25, 0.3) is 0 Å². The molecule has 0 aliphatic carbocycles. The van der Waals surface area contributed by atoms with Crippen molar-refractivity contribution in [2.45, 2.75) is 50.5 Å². The standard InChI is InChI=1S/C22H26BrNO2S/c1-3-22(4-2)13-19(18-7-5-6-8-20(18)26-22)24-21(25)15-27-14-16-9-11-17(23)12-10-16/h5-12,19H,3-4,13-15H2,1-2H3,(H,24,25). The molecule has 27 heavy (non-hydrogen) atoms. The van der Waals surface area contributed by atoms with E-state index in [0.717, 1.165) is 40.8 Å². The molecule has 1 atom stereocenters. The summed E-state index contributed by atoms with van der Waals surface area (Å²) in [5.74, 6) is 2.28. The van der Waals surface area contributed by atoms with Gasteiger partial charge in [0.2, 0.25) is 5.91 Å². The first-order valence-electron chi connectivity index (χ1n) is 9.45. The zero-order valence-corrected chi connectivity index (χ0v) is 18.2. The van der Waals surface area contributed by atoms with Crippen LogP contribution in [0.5, 0.6) is 5.75 Å². The van der Waals surface area contributed by atoms with Gasteiger partial charge in [-0.25, -0.2) is 0 Å². The third-order valence-electron chi connectivity index (χ3n) is 5.24. The Balaban J connectivity index is 1.61. The highest BCUT2D eigenvalue weighted by Crippen LogP contribution is 2.42. The van der Waals surface area contributed by atoms with E-state index in [2.05, 4.69) is 53.3 Å². The van der Waals surface area contributed by atoms with Crippen LogP contribution >= 0.6 is 27.7 Å². The van der Waals surface area contributed by atoms with Gasteiger partial charge >= 0.3 is 0 Å². The van der Waals surface area contributed by atoms with Crippen molar-refractivity contribution < 1.29 is 9.53 Å². The molecule has 0 saturated heterocycles. The number of fused-ring (bicyclic) bond motifs is 1. The summed E-state index contributed by atoms with van der Waals surface area (Å²) in [5, 5.41) is 3.25. The van der Waals surface area contributed by atoms with Gasteiger partial charge in [-0.2, -0.15) is 0 Å². The second-order valence-corrected chi connectivity index (χ2v) is 8.87. The molecule has 0 fully saturated rings. The van der Waals surface area contributed by atoms with E-state index >= 15 is 0 Å². The lowest BCUT2D eigenvalue weighted by Crippen LogP contribution is -2.44. The summed E-state index contributed by atoms with van der Waals surface area (Å²) in [5.41, 5.74) is 2.11. The predicted octanol–water partition coefficient (Wildman–Crippen LogP) is 5.88. The maximum Gasteiger partial charge on any atom is 0.230 e. The van der Waals surface area contributed by atoms with Gasteiger partial charge in [-0.15, -0.1) is 11.8 Å². The Kier molecular flexibility index (Phi) is 6.88. The SMILES string of the molecule is CCC1(CC)CC(NC(=O)CSCc2ccc(Br)cc2)c2ccccc2O1. The summed E-state index contributed by atoms with van der Waals surface area (Å²) in [4.78, 5) is 12.6. The number of halogens is 1. The second kappa shape index (κ2) is 9.16. The van der Waals surface area contributed by atoms with E-state index in [0.29, 0.717) is 5.75 Å². The minimum absolute atomic E-state index is 0.00984. The molecule has 0 radical (unpaired) electrons. The first-order chi connectivity index (χ1) is 13.0. The van der Waals surface area contributed by atoms with Gasteiger partial charge in [-0.1, -0.05) is 60.1 Å². The van der Waals surface area contributed by atoms with Crippen LogP contribution in [0.1, 0.15) is 50.3 Å². The van der Waals surface area contributed by atoms with Crippen molar-refractivity contribution in [2.75, 3.05) is 5.75 Å². The van der Waals surface area contributed by atoms with E-state index in [1.807, 2.05) is 30.3 Å². The van der Waals surface area contributed by atoms with E-state index in [1.54, 1.807) is 11.8 Å². The van der Waals surface area contributed by atoms with Gasteiger partial charge in [-0.3, -0.25) is 4.79 Å². The number of carbonyl (C=O) groups is 1. The molecular weight excluding hydrogens is 422 g/mol. The van der Waals surface area contributed by atoms with Crippen molar-refractivity contribution >= 4 is 33.6 Å². The number of para-hydroxylation sites is 1. The molecule has 1 heterocycles. The number of hydrogen-bond donors (Lipinski definition) is 1. The van der Waals surface area contributed by atoms with Gasteiger partial charge in [0, 0.05) is 22.2 Å². The van der Waals surface area contributed by atoms with Gasteiger partial charge < -0.3 is 10.1 Å². The molecule has 1 aliphatic heterocycles. The summed E-state index contributed by atoms with van der Waals surface area (Å²) >= 11 is 5.09. The Morgan fingerprint density at radius 2 is 1.89 bits per heavy atom. The number of amides is 1. The van der Waals surface area contributed by atoms with Crippen LogP contribution in [-0.4, -0.2) is 17.3 Å². The van der Waals surface area contributed by atoms with E-state index in [-0.39, 0.29) is 17.6 Å². The smallest absolute Gasteiger partial charge is 0.230 e. The van der Waals surface area contributed by atoms with Crippen LogP contribution in [0.3, 0.4) is 0 Å². The number of thioether (sulfide) groups is 1. The van der Waals surface area contributed by atoms with E-state index in [4.69, 9.17) is 4.74 Å². The van der Waals surface area contributed by atoms with E-state index in [1.165, 1.54) is 5.56 Å². The molecule has 0 bridgehead atoms. The van der Waals surface area contributed by atoms with Gasteiger partial charge in [-0.05, 0) is 36.6 Å². The Morgan fingerprint density at radius 1 is 1.19 bits per heavy atom. The van der Waals surface area contributed by atoms with Crippen LogP contribution in [0, 0.1) is 0 Å². The molecule has 5 heteroatoms. The summed E-state index contributed by atoms with van der Waals surface area (Å²) in [6, 6.07) is 16.3. The van der Waals surface area contributed by atoms with E-state index in [9.17, 15) is 4.79 Å². The number of ether oxygens (including phenoxy) is 1. The monoisotopic (exact) mass is 447 g/mol. The molecule has 0 saturated carbocycles. The van der Waals surface area contributed by atoms with Crippen molar-refractivity contribution in [3.8, 4) is 5.75 Å². The fourth-order valence-corrected chi connectivity index (χ4v) is 4.57. The van der Waals surface area contributed by atoms with Crippen LogP contribution < -0.4 is 10.1 Å². The lowest BCUT2D eigenvalue weighted by Gasteiger charge is -2.41. The van der Waals surface area contributed by atoms with Crippen LogP contribution in [-0.2, 0) is 10.5 Å². The molecule has 1 N–H and O–H groups in total. The van der Waals surface area contributed by atoms with Crippen molar-refractivity contribution in [2.24, 2.45) is 0 Å². The molecule has 2 aromatic carbocycles. The van der Waals surface area contributed by atoms with Gasteiger partial charge in [0.05, 0.1) is 11.8 Å². The molecule has 1 amide bonds. The third kappa shape index (κ3) is 5.08. The topological polar surface area (TPSA) is 38.3 Å². The zero-order valence-electron chi connectivity index (χ0n) is 15.8. The molecule has 144 valence electrons. The number of benzene rings is 2. The number of nitrogens with one attached hydrogen (secondary N) is 1. The normalized spacial score (nSPS) is 17.7. The summed E-state index contributed by atoms with van der Waals surface area (Å²) in [7, 11) is 0. The third-order valence-corrected chi connectivity index (χ3v) is 6.77. The minimum Gasteiger partial charge on any atom is -0.487 e. The summed E-state index contributed by atoms with van der Waals surface area (Å²) in [6.45, 7) is 4.31. The molecular formula is C22H26BrNO2S. The van der Waals surface area contributed by atoms with Crippen molar-refractivity contribution in [1.29, 1.82) is 0 Å². The molecule has 1 unspecified atom stereocenters. The predicted molar refractivity (Wildman–Crippen MR) is 116 cm³/mol. The molecule has 0 spiro atoms. The maximum absolute atomic E-state index is 12.6. The quantitative estimate of drug-likeness (QED) is 0.575. The average molecular weight is 448 g/mol. The largest absolute Gasteiger partial charge is 0.487 e. The highest BCUT2D eigenvalue weighted by atomic mass is 79.9. The van der Waals surface area contributed by atoms with E-state index < -0.39 is 0 Å². The average Bonchev–Trinajstić information content (AvgIpc) is 2.69. The highest BCUT2D eigenvalue weighted by molar-refractivity contribution is 9.10. The first kappa shape index (κ1) is 20.3. The first-order valence-corrected chi connectivity index (χ1v) is 11.4. The van der Waals surface area contributed by atoms with Crippen LogP contribution in [0.25, 0.3) is 0 Å². The lowest BCUT2D eigenvalue weighted by molar-refractivity contribution is -0.120. The lowest BCUT2D eigenvalue weighted by atomic mass is 9.83. The maximum atomic E-state index is 12.6. The Labute approximate surface area is 174 Å². The zero-order chi connectivity index (χ0) is 19.3. The molecule has 0 aromatic heterocycles. The fourth-order valence-electron chi connectivity index (χ4n) is 3.51. The molecule has 2 aromatic rings. The summed E-state index contributed by atoms with van der Waals surface area (Å²) < 4.78 is 7.39. The van der Waals surface area contributed by atoms with Crippen LogP contribution in [0.2, 0.25) is 0 Å². The van der Waals surface area contributed by atoms with Gasteiger partial charge in [0.1, 0.15) is 11.4 Å². The van der Waals surface area contributed by atoms with Crippen molar-refractivity contribution in [1.82, 2.24) is 5.32 Å². The Hall–Kier alpha value is -1.46. The molecule has 1 aliphatic rings. The summed E-state index contributed by atoms with van der Waals surface area (Å²) in [6.07, 6.45) is 2.69. The second-order valence-electron chi connectivity index (χ2n) is 6.97. The van der Waals surface area contributed by atoms with Crippen LogP contribution in [0.4, 0.5) is 0 Å². The number of hydrogen-bond acceptors (Lipinski definition) is 3. The van der Waals surface area contributed by atoms with Gasteiger partial charge in [0.15, 0.2) is 0 Å². The number of rotatable bonds is 7. The molecule has 3 nitrogen and oxygen atoms in total. The molecule has 3 rings (SSSR count). The van der Waals surface area contributed by atoms with Crippen molar-refractivity contribution in [3.63, 3.8) is 0 Å². The Morgan fingerprint density at radius 3 is 2.59 bits per heavy atom.